The molecule has 5 nitrogen and oxygen atoms in total. The number of aromatic amines is 2. The van der Waals surface area contributed by atoms with Gasteiger partial charge in [-0.15, -0.1) is 0 Å². The number of hydrogen-bond donors (Lipinski definition) is 2. The van der Waals surface area contributed by atoms with Crippen LogP contribution < -0.4 is 10.6 Å². The lowest BCUT2D eigenvalue weighted by Crippen LogP contribution is -2.22. The van der Waals surface area contributed by atoms with Crippen LogP contribution in [0.4, 0.5) is 4.39 Å². The highest BCUT2D eigenvalue weighted by atomic mass is 19.1. The molecule has 1 fully saturated rings. The number of aromatic nitrogens is 4. The van der Waals surface area contributed by atoms with Gasteiger partial charge in [-0.2, -0.15) is 5.10 Å². The van der Waals surface area contributed by atoms with Gasteiger partial charge in [-0.05, 0) is 118 Å². The molecule has 0 radical (unpaired) electrons. The minimum atomic E-state index is -0.271. The van der Waals surface area contributed by atoms with Gasteiger partial charge >= 0.3 is 0 Å². The smallest absolute Gasteiger partial charge is 0.123 e. The van der Waals surface area contributed by atoms with Gasteiger partial charge in [0, 0.05) is 27.9 Å². The summed E-state index contributed by atoms with van der Waals surface area (Å²) in [6.45, 7) is 16.0. The van der Waals surface area contributed by atoms with Crippen LogP contribution in [0.25, 0.3) is 46.2 Å². The van der Waals surface area contributed by atoms with E-state index in [0.29, 0.717) is 0 Å². The summed E-state index contributed by atoms with van der Waals surface area (Å²) in [5.41, 5.74) is 7.68. The Morgan fingerprint density at radius 2 is 1.80 bits per heavy atom. The van der Waals surface area contributed by atoms with Crippen molar-refractivity contribution in [1.29, 1.82) is 0 Å². The molecule has 0 spiro atoms. The van der Waals surface area contributed by atoms with E-state index >= 15 is 0 Å². The van der Waals surface area contributed by atoms with Crippen LogP contribution in [0.15, 0.2) is 90.2 Å². The van der Waals surface area contributed by atoms with Crippen molar-refractivity contribution < 1.29 is 4.39 Å². The van der Waals surface area contributed by atoms with Crippen LogP contribution in [0.3, 0.4) is 0 Å². The molecule has 6 heteroatoms. The summed E-state index contributed by atoms with van der Waals surface area (Å²) >= 11 is 0. The van der Waals surface area contributed by atoms with Crippen LogP contribution in [0, 0.1) is 5.82 Å². The molecule has 210 valence electrons. The predicted octanol–water partition coefficient (Wildman–Crippen LogP) is 6.83. The Labute approximate surface area is 241 Å². The van der Waals surface area contributed by atoms with Gasteiger partial charge in [0.1, 0.15) is 11.5 Å². The summed E-state index contributed by atoms with van der Waals surface area (Å²) in [5, 5.41) is 10.3. The fourth-order valence-electron chi connectivity index (χ4n) is 5.53. The van der Waals surface area contributed by atoms with Crippen molar-refractivity contribution in [2.45, 2.75) is 39.5 Å². The van der Waals surface area contributed by atoms with E-state index in [4.69, 9.17) is 0 Å². The Balaban J connectivity index is 1.46. The Morgan fingerprint density at radius 3 is 2.51 bits per heavy atom. The molecule has 4 aromatic rings. The highest BCUT2D eigenvalue weighted by molar-refractivity contribution is 5.96. The standard InChI is InChI=1S/C35H38FN5/c1-5-25(11-10-20-41-18-8-9-19-41)21-26(6-2)27(7-3)22-30-24(4)39-40-35(30)33-23-31-32(38-33)16-17-37-34(31)28-12-14-29(36)15-13-28/h5-7,12-17,21-23,38-39H,1,4,8-11,18-20H2,2-3H3/b25-21+,26-6+,27-7+,30-22+. The van der Waals surface area contributed by atoms with Gasteiger partial charge in [0.15, 0.2) is 0 Å². The normalized spacial score (nSPS) is 15.8. The summed E-state index contributed by atoms with van der Waals surface area (Å²) < 4.78 is 13.5. The number of allylic oxidation sites excluding steroid dienone is 7. The predicted molar refractivity (Wildman–Crippen MR) is 169 cm³/mol. The Morgan fingerprint density at radius 1 is 1.05 bits per heavy atom. The average molecular weight is 548 g/mol. The lowest BCUT2D eigenvalue weighted by Gasteiger charge is -2.14. The highest BCUT2D eigenvalue weighted by Gasteiger charge is 2.14. The first kappa shape index (κ1) is 28.2. The zero-order valence-electron chi connectivity index (χ0n) is 24.0. The highest BCUT2D eigenvalue weighted by Crippen LogP contribution is 2.29. The largest absolute Gasteiger partial charge is 0.353 e. The zero-order valence-corrected chi connectivity index (χ0v) is 24.0. The van der Waals surface area contributed by atoms with E-state index in [1.165, 1.54) is 43.6 Å². The van der Waals surface area contributed by atoms with Gasteiger partial charge in [0.05, 0.1) is 16.7 Å². The first-order valence-electron chi connectivity index (χ1n) is 14.4. The van der Waals surface area contributed by atoms with E-state index in [9.17, 15) is 4.39 Å². The number of nitrogens with zero attached hydrogens (tertiary/aromatic N) is 3. The molecule has 4 heterocycles. The second kappa shape index (κ2) is 12.9. The molecule has 1 aliphatic heterocycles. The van der Waals surface area contributed by atoms with E-state index in [-0.39, 0.29) is 5.82 Å². The monoisotopic (exact) mass is 547 g/mol. The van der Waals surface area contributed by atoms with Crippen LogP contribution >= 0.6 is 0 Å². The van der Waals surface area contributed by atoms with Crippen LogP contribution in [0.5, 0.6) is 0 Å². The summed E-state index contributed by atoms with van der Waals surface area (Å²) in [4.78, 5) is 10.7. The molecule has 3 aromatic heterocycles. The van der Waals surface area contributed by atoms with Crippen LogP contribution in [-0.2, 0) is 0 Å². The Hall–Kier alpha value is -4.29. The summed E-state index contributed by atoms with van der Waals surface area (Å²) in [6, 6.07) is 10.4. The van der Waals surface area contributed by atoms with Crippen molar-refractivity contribution in [3.8, 4) is 22.6 Å². The van der Waals surface area contributed by atoms with Crippen LogP contribution in [-0.4, -0.2) is 44.7 Å². The average Bonchev–Trinajstić information content (AvgIpc) is 3.74. The molecule has 0 aliphatic carbocycles. The molecule has 2 N–H and O–H groups in total. The van der Waals surface area contributed by atoms with Gasteiger partial charge in [-0.25, -0.2) is 4.39 Å². The number of pyridine rings is 1. The van der Waals surface area contributed by atoms with Crippen molar-refractivity contribution in [2.24, 2.45) is 0 Å². The number of H-pyrrole nitrogens is 2. The summed E-state index contributed by atoms with van der Waals surface area (Å²) in [6.07, 6.45) is 17.2. The van der Waals surface area contributed by atoms with E-state index < -0.39 is 0 Å². The fraction of sp³-hybridized carbons (Fsp3) is 0.257. The minimum Gasteiger partial charge on any atom is -0.353 e. The SMILES string of the molecule is C=C\C(=C/C(=C\C)C(/C=c1/c(-c2cc3c(-c4ccc(F)cc4)nccc3[nH]2)n[nH]c1=C)=C/C)CCCN1CCCC1. The van der Waals surface area contributed by atoms with Gasteiger partial charge in [-0.3, -0.25) is 10.1 Å². The molecule has 5 rings (SSSR count). The quantitative estimate of drug-likeness (QED) is 0.214. The Kier molecular flexibility index (Phi) is 8.90. The summed E-state index contributed by atoms with van der Waals surface area (Å²) in [5.74, 6) is -0.271. The van der Waals surface area contributed by atoms with Crippen molar-refractivity contribution in [3.63, 3.8) is 0 Å². The molecular formula is C35H38FN5. The van der Waals surface area contributed by atoms with Gasteiger partial charge in [0.2, 0.25) is 0 Å². The molecule has 0 amide bonds. The number of fused-ring (bicyclic) bond motifs is 1. The van der Waals surface area contributed by atoms with Crippen LogP contribution in [0.1, 0.15) is 39.5 Å². The molecule has 0 bridgehead atoms. The molecule has 41 heavy (non-hydrogen) atoms. The third-order valence-corrected chi connectivity index (χ3v) is 7.80. The molecule has 0 saturated carbocycles. The third kappa shape index (κ3) is 6.39. The lowest BCUT2D eigenvalue weighted by molar-refractivity contribution is 0.334. The van der Waals surface area contributed by atoms with Gasteiger partial charge in [-0.1, -0.05) is 37.5 Å². The van der Waals surface area contributed by atoms with E-state index in [0.717, 1.165) is 74.6 Å². The minimum absolute atomic E-state index is 0.271. The topological polar surface area (TPSA) is 60.6 Å². The third-order valence-electron chi connectivity index (χ3n) is 7.80. The first-order chi connectivity index (χ1) is 20.0. The van der Waals surface area contributed by atoms with Gasteiger partial charge < -0.3 is 9.88 Å². The maximum absolute atomic E-state index is 13.5. The lowest BCUT2D eigenvalue weighted by atomic mass is 9.99. The van der Waals surface area contributed by atoms with Crippen molar-refractivity contribution >= 4 is 23.6 Å². The zero-order chi connectivity index (χ0) is 28.8. The number of benzene rings is 1. The van der Waals surface area contributed by atoms with Crippen LogP contribution in [0.2, 0.25) is 0 Å². The number of nitrogens with one attached hydrogen (secondary N) is 2. The molecule has 0 atom stereocenters. The molecule has 0 unspecified atom stereocenters. The number of likely N-dealkylation sites (tertiary alicyclic amines) is 1. The maximum atomic E-state index is 13.5. The fourth-order valence-corrected chi connectivity index (χ4v) is 5.53. The van der Waals surface area contributed by atoms with Crippen molar-refractivity contribution in [2.75, 3.05) is 19.6 Å². The molecule has 1 saturated heterocycles. The van der Waals surface area contributed by atoms with Crippen molar-refractivity contribution in [3.05, 3.63) is 107 Å². The van der Waals surface area contributed by atoms with E-state index in [2.05, 4.69) is 82.4 Å². The Bertz CT molecular complexity index is 1730. The first-order valence-corrected chi connectivity index (χ1v) is 14.4. The van der Waals surface area contributed by atoms with E-state index in [1.54, 1.807) is 18.3 Å². The number of hydrogen-bond acceptors (Lipinski definition) is 3. The maximum Gasteiger partial charge on any atom is 0.123 e. The molecule has 1 aliphatic rings. The molecule has 1 aromatic carbocycles. The number of halogens is 1. The van der Waals surface area contributed by atoms with Gasteiger partial charge in [0.25, 0.3) is 0 Å². The van der Waals surface area contributed by atoms with Crippen molar-refractivity contribution in [1.82, 2.24) is 25.1 Å². The summed E-state index contributed by atoms with van der Waals surface area (Å²) in [7, 11) is 0. The van der Waals surface area contributed by atoms with E-state index in [1.807, 2.05) is 12.1 Å². The number of rotatable bonds is 10. The molecular weight excluding hydrogens is 509 g/mol. The second-order valence-electron chi connectivity index (χ2n) is 10.5. The second-order valence-corrected chi connectivity index (χ2v) is 10.5.